The Morgan fingerprint density at radius 2 is 2.35 bits per heavy atom. The lowest BCUT2D eigenvalue weighted by Crippen LogP contribution is -2.49. The van der Waals surface area contributed by atoms with Gasteiger partial charge in [-0.1, -0.05) is 6.92 Å². The lowest BCUT2D eigenvalue weighted by atomic mass is 10.1. The SMILES string of the molecule is CCNC1CCCN(CC(=O)NCCOC)C1. The molecule has 0 radical (unpaired) electrons. The third kappa shape index (κ3) is 6.00. The zero-order valence-electron chi connectivity index (χ0n) is 11.0. The molecule has 0 aromatic carbocycles. The summed E-state index contributed by atoms with van der Waals surface area (Å²) in [6, 6.07) is 0.542. The number of methoxy groups -OCH3 is 1. The monoisotopic (exact) mass is 243 g/mol. The van der Waals surface area contributed by atoms with Crippen molar-refractivity contribution in [3.63, 3.8) is 0 Å². The van der Waals surface area contributed by atoms with Crippen LogP contribution in [0.1, 0.15) is 19.8 Å². The van der Waals surface area contributed by atoms with E-state index in [0.29, 0.717) is 25.7 Å². The molecular formula is C12H25N3O2. The highest BCUT2D eigenvalue weighted by Crippen LogP contribution is 2.09. The number of hydrogen-bond acceptors (Lipinski definition) is 4. The summed E-state index contributed by atoms with van der Waals surface area (Å²) in [6.45, 7) is 6.80. The van der Waals surface area contributed by atoms with Gasteiger partial charge in [-0.05, 0) is 25.9 Å². The largest absolute Gasteiger partial charge is 0.383 e. The van der Waals surface area contributed by atoms with Crippen LogP contribution in [0.4, 0.5) is 0 Å². The van der Waals surface area contributed by atoms with E-state index in [2.05, 4.69) is 22.5 Å². The van der Waals surface area contributed by atoms with Crippen LogP contribution < -0.4 is 10.6 Å². The normalized spacial score (nSPS) is 21.4. The molecule has 0 bridgehead atoms. The van der Waals surface area contributed by atoms with Crippen molar-refractivity contribution in [2.75, 3.05) is 46.4 Å². The van der Waals surface area contributed by atoms with E-state index in [0.717, 1.165) is 19.6 Å². The van der Waals surface area contributed by atoms with E-state index in [1.807, 2.05) is 0 Å². The lowest BCUT2D eigenvalue weighted by molar-refractivity contribution is -0.122. The Morgan fingerprint density at radius 1 is 1.53 bits per heavy atom. The summed E-state index contributed by atoms with van der Waals surface area (Å²) in [7, 11) is 1.64. The molecule has 5 nitrogen and oxygen atoms in total. The van der Waals surface area contributed by atoms with Crippen LogP contribution in [-0.4, -0.2) is 63.3 Å². The Labute approximate surface area is 104 Å². The number of carbonyl (C=O) groups is 1. The van der Waals surface area contributed by atoms with Crippen LogP contribution in [0.5, 0.6) is 0 Å². The van der Waals surface area contributed by atoms with Gasteiger partial charge < -0.3 is 15.4 Å². The topological polar surface area (TPSA) is 53.6 Å². The fourth-order valence-electron chi connectivity index (χ4n) is 2.21. The molecule has 17 heavy (non-hydrogen) atoms. The first-order valence-electron chi connectivity index (χ1n) is 6.47. The van der Waals surface area contributed by atoms with Gasteiger partial charge in [-0.25, -0.2) is 0 Å². The summed E-state index contributed by atoms with van der Waals surface area (Å²) < 4.78 is 4.89. The van der Waals surface area contributed by atoms with Crippen molar-refractivity contribution in [2.24, 2.45) is 0 Å². The zero-order chi connectivity index (χ0) is 12.5. The quantitative estimate of drug-likeness (QED) is 0.609. The first-order valence-corrected chi connectivity index (χ1v) is 6.47. The Bertz CT molecular complexity index is 222. The lowest BCUT2D eigenvalue weighted by Gasteiger charge is -2.32. The van der Waals surface area contributed by atoms with Gasteiger partial charge in [-0.3, -0.25) is 9.69 Å². The van der Waals surface area contributed by atoms with Crippen molar-refractivity contribution in [1.82, 2.24) is 15.5 Å². The van der Waals surface area contributed by atoms with Crippen molar-refractivity contribution in [1.29, 1.82) is 0 Å². The summed E-state index contributed by atoms with van der Waals surface area (Å²) >= 11 is 0. The summed E-state index contributed by atoms with van der Waals surface area (Å²) in [5.41, 5.74) is 0. The van der Waals surface area contributed by atoms with E-state index in [-0.39, 0.29) is 5.91 Å². The molecular weight excluding hydrogens is 218 g/mol. The molecule has 100 valence electrons. The molecule has 5 heteroatoms. The van der Waals surface area contributed by atoms with Crippen molar-refractivity contribution in [3.8, 4) is 0 Å². The van der Waals surface area contributed by atoms with Crippen LogP contribution >= 0.6 is 0 Å². The van der Waals surface area contributed by atoms with Crippen molar-refractivity contribution >= 4 is 5.91 Å². The number of likely N-dealkylation sites (tertiary alicyclic amines) is 1. The van der Waals surface area contributed by atoms with Gasteiger partial charge in [0.15, 0.2) is 0 Å². The summed E-state index contributed by atoms with van der Waals surface area (Å²) in [4.78, 5) is 13.8. The molecule has 1 atom stereocenters. The minimum absolute atomic E-state index is 0.0965. The molecule has 2 N–H and O–H groups in total. The van der Waals surface area contributed by atoms with Crippen molar-refractivity contribution in [3.05, 3.63) is 0 Å². The maximum absolute atomic E-state index is 11.6. The molecule has 1 heterocycles. The maximum atomic E-state index is 11.6. The number of rotatable bonds is 7. The average Bonchev–Trinajstić information content (AvgIpc) is 2.30. The molecule has 1 amide bonds. The number of amides is 1. The second kappa shape index (κ2) is 8.44. The Hall–Kier alpha value is -0.650. The highest BCUT2D eigenvalue weighted by molar-refractivity contribution is 5.78. The number of likely N-dealkylation sites (N-methyl/N-ethyl adjacent to an activating group) is 1. The van der Waals surface area contributed by atoms with Gasteiger partial charge in [-0.15, -0.1) is 0 Å². The molecule has 0 aromatic heterocycles. The first kappa shape index (κ1) is 14.4. The van der Waals surface area contributed by atoms with E-state index >= 15 is 0 Å². The molecule has 1 rings (SSSR count). The molecule has 1 fully saturated rings. The number of hydrogen-bond donors (Lipinski definition) is 2. The van der Waals surface area contributed by atoms with E-state index in [9.17, 15) is 4.79 Å². The van der Waals surface area contributed by atoms with Crippen LogP contribution in [-0.2, 0) is 9.53 Å². The summed E-state index contributed by atoms with van der Waals surface area (Å²) in [5, 5.41) is 6.30. The fraction of sp³-hybridized carbons (Fsp3) is 0.917. The maximum Gasteiger partial charge on any atom is 0.234 e. The van der Waals surface area contributed by atoms with E-state index in [4.69, 9.17) is 4.74 Å². The van der Waals surface area contributed by atoms with Gasteiger partial charge in [0.25, 0.3) is 0 Å². The third-order valence-electron chi connectivity index (χ3n) is 2.99. The molecule has 0 aliphatic carbocycles. The number of nitrogens with one attached hydrogen (secondary N) is 2. The predicted octanol–water partition coefficient (Wildman–Crippen LogP) is -0.177. The molecule has 1 unspecified atom stereocenters. The standard InChI is InChI=1S/C12H25N3O2/c1-3-13-11-5-4-7-15(9-11)10-12(16)14-6-8-17-2/h11,13H,3-10H2,1-2H3,(H,14,16). The summed E-state index contributed by atoms with van der Waals surface area (Å²) in [6.07, 6.45) is 2.39. The highest BCUT2D eigenvalue weighted by atomic mass is 16.5. The van der Waals surface area contributed by atoms with Gasteiger partial charge in [0.1, 0.15) is 0 Å². The van der Waals surface area contributed by atoms with E-state index in [1.165, 1.54) is 12.8 Å². The second-order valence-corrected chi connectivity index (χ2v) is 4.47. The minimum Gasteiger partial charge on any atom is -0.383 e. The molecule has 0 aromatic rings. The van der Waals surface area contributed by atoms with E-state index in [1.54, 1.807) is 7.11 Å². The van der Waals surface area contributed by atoms with Gasteiger partial charge in [0.2, 0.25) is 5.91 Å². The fourth-order valence-corrected chi connectivity index (χ4v) is 2.21. The van der Waals surface area contributed by atoms with Crippen LogP contribution in [0.3, 0.4) is 0 Å². The third-order valence-corrected chi connectivity index (χ3v) is 2.99. The van der Waals surface area contributed by atoms with Crippen molar-refractivity contribution in [2.45, 2.75) is 25.8 Å². The summed E-state index contributed by atoms with van der Waals surface area (Å²) in [5.74, 6) is 0.0965. The minimum atomic E-state index is 0.0965. The molecule has 0 spiro atoms. The number of nitrogens with zero attached hydrogens (tertiary/aromatic N) is 1. The molecule has 1 aliphatic rings. The Kier molecular flexibility index (Phi) is 7.16. The van der Waals surface area contributed by atoms with Gasteiger partial charge in [-0.2, -0.15) is 0 Å². The van der Waals surface area contributed by atoms with Gasteiger partial charge in [0, 0.05) is 26.2 Å². The van der Waals surface area contributed by atoms with Crippen molar-refractivity contribution < 1.29 is 9.53 Å². The molecule has 1 saturated heterocycles. The van der Waals surface area contributed by atoms with E-state index < -0.39 is 0 Å². The Balaban J connectivity index is 2.18. The zero-order valence-corrected chi connectivity index (χ0v) is 11.0. The predicted molar refractivity (Wildman–Crippen MR) is 68.0 cm³/mol. The number of piperidine rings is 1. The van der Waals surface area contributed by atoms with Gasteiger partial charge in [0.05, 0.1) is 13.2 Å². The molecule has 1 aliphatic heterocycles. The highest BCUT2D eigenvalue weighted by Gasteiger charge is 2.20. The van der Waals surface area contributed by atoms with Crippen LogP contribution in [0.2, 0.25) is 0 Å². The molecule has 0 saturated carbocycles. The Morgan fingerprint density at radius 3 is 3.06 bits per heavy atom. The van der Waals surface area contributed by atoms with Gasteiger partial charge >= 0.3 is 0 Å². The van der Waals surface area contributed by atoms with Crippen LogP contribution in [0.15, 0.2) is 0 Å². The second-order valence-electron chi connectivity index (χ2n) is 4.47. The van der Waals surface area contributed by atoms with Crippen LogP contribution in [0.25, 0.3) is 0 Å². The smallest absolute Gasteiger partial charge is 0.234 e. The number of carbonyl (C=O) groups excluding carboxylic acids is 1. The average molecular weight is 243 g/mol. The van der Waals surface area contributed by atoms with Crippen LogP contribution in [0, 0.1) is 0 Å². The first-order chi connectivity index (χ1) is 8.26. The number of ether oxygens (including phenoxy) is 1.